The van der Waals surface area contributed by atoms with Crippen LogP contribution in [-0.4, -0.2) is 27.8 Å². The van der Waals surface area contributed by atoms with Gasteiger partial charge >= 0.3 is 5.97 Å². The third-order valence-electron chi connectivity index (χ3n) is 4.24. The Morgan fingerprint density at radius 1 is 1.23 bits per heavy atom. The molecule has 3 aromatic rings. The number of hydrogen-bond donors (Lipinski definition) is 0. The maximum atomic E-state index is 12.2. The van der Waals surface area contributed by atoms with E-state index in [0.29, 0.717) is 29.6 Å². The number of aromatic nitrogens is 2. The largest absolute Gasteiger partial charge is 0.461 e. The van der Waals surface area contributed by atoms with Crippen molar-refractivity contribution in [2.24, 2.45) is 4.99 Å². The summed E-state index contributed by atoms with van der Waals surface area (Å²) in [6, 6.07) is 15.6. The predicted octanol–water partition coefficient (Wildman–Crippen LogP) is 4.05. The molecule has 0 spiro atoms. The van der Waals surface area contributed by atoms with Gasteiger partial charge in [-0.15, -0.1) is 0 Å². The van der Waals surface area contributed by atoms with Crippen molar-refractivity contribution in [1.29, 1.82) is 0 Å². The van der Waals surface area contributed by atoms with Crippen LogP contribution >= 0.6 is 11.6 Å². The molecule has 6 heteroatoms. The average Bonchev–Trinajstić information content (AvgIpc) is 3.00. The van der Waals surface area contributed by atoms with Crippen LogP contribution in [0.15, 0.2) is 59.9 Å². The molecule has 1 aliphatic heterocycles. The van der Waals surface area contributed by atoms with E-state index in [4.69, 9.17) is 21.3 Å². The molecule has 130 valence electrons. The molecule has 2 aromatic carbocycles. The SMILES string of the molecule is CCOC(=O)c1ncn2c1CN=C(c1ccccc1)c1cc(Cl)ccc1-2. The number of ether oxygens (including phenoxy) is 1. The Bertz CT molecular complexity index is 1010. The number of carbonyl (C=O) groups is 1. The van der Waals surface area contributed by atoms with Gasteiger partial charge in [0.1, 0.15) is 6.33 Å². The zero-order chi connectivity index (χ0) is 18.1. The van der Waals surface area contributed by atoms with Crippen molar-refractivity contribution in [3.05, 3.63) is 82.4 Å². The molecule has 1 aromatic heterocycles. The molecule has 0 saturated carbocycles. The fourth-order valence-electron chi connectivity index (χ4n) is 3.09. The third-order valence-corrected chi connectivity index (χ3v) is 4.48. The molecule has 0 bridgehead atoms. The van der Waals surface area contributed by atoms with Gasteiger partial charge in [-0.2, -0.15) is 0 Å². The monoisotopic (exact) mass is 365 g/mol. The molecule has 1 aliphatic rings. The van der Waals surface area contributed by atoms with E-state index in [9.17, 15) is 4.79 Å². The number of rotatable bonds is 3. The molecule has 26 heavy (non-hydrogen) atoms. The van der Waals surface area contributed by atoms with E-state index in [2.05, 4.69) is 4.98 Å². The van der Waals surface area contributed by atoms with Crippen LogP contribution in [0.25, 0.3) is 5.69 Å². The molecule has 4 rings (SSSR count). The average molecular weight is 366 g/mol. The van der Waals surface area contributed by atoms with Crippen LogP contribution in [0.2, 0.25) is 5.02 Å². The van der Waals surface area contributed by atoms with Gasteiger partial charge in [0, 0.05) is 16.1 Å². The highest BCUT2D eigenvalue weighted by Crippen LogP contribution is 2.29. The summed E-state index contributed by atoms with van der Waals surface area (Å²) < 4.78 is 7.01. The number of hydrogen-bond acceptors (Lipinski definition) is 4. The second-order valence-corrected chi connectivity index (χ2v) is 6.26. The first-order valence-electron chi connectivity index (χ1n) is 8.32. The molecule has 0 N–H and O–H groups in total. The van der Waals surface area contributed by atoms with Crippen LogP contribution in [0.1, 0.15) is 34.2 Å². The third kappa shape index (κ3) is 2.80. The van der Waals surface area contributed by atoms with E-state index >= 15 is 0 Å². The summed E-state index contributed by atoms with van der Waals surface area (Å²) in [6.45, 7) is 2.40. The minimum Gasteiger partial charge on any atom is -0.461 e. The standard InChI is InChI=1S/C20H16ClN3O2/c1-2-26-20(25)19-17-11-22-18(13-6-4-3-5-7-13)15-10-14(21)8-9-16(15)24(17)12-23-19/h3-10,12H,2,11H2,1H3. The van der Waals surface area contributed by atoms with Crippen molar-refractivity contribution in [3.8, 4) is 5.69 Å². The molecule has 0 radical (unpaired) electrons. The van der Waals surface area contributed by atoms with Gasteiger partial charge < -0.3 is 4.74 Å². The first-order valence-corrected chi connectivity index (χ1v) is 8.70. The van der Waals surface area contributed by atoms with Crippen LogP contribution in [0.4, 0.5) is 0 Å². The van der Waals surface area contributed by atoms with Gasteiger partial charge in [0.05, 0.1) is 30.2 Å². The quantitative estimate of drug-likeness (QED) is 0.658. The van der Waals surface area contributed by atoms with Crippen LogP contribution in [0.5, 0.6) is 0 Å². The minimum atomic E-state index is -0.435. The Morgan fingerprint density at radius 3 is 2.81 bits per heavy atom. The molecule has 0 atom stereocenters. The zero-order valence-corrected chi connectivity index (χ0v) is 14.9. The first kappa shape index (κ1) is 16.5. The van der Waals surface area contributed by atoms with Gasteiger partial charge in [0.25, 0.3) is 0 Å². The second-order valence-electron chi connectivity index (χ2n) is 5.82. The maximum absolute atomic E-state index is 12.2. The summed E-state index contributed by atoms with van der Waals surface area (Å²) in [5.74, 6) is -0.435. The highest BCUT2D eigenvalue weighted by atomic mass is 35.5. The molecule has 0 saturated heterocycles. The lowest BCUT2D eigenvalue weighted by Gasteiger charge is -2.12. The number of benzene rings is 2. The molecular weight excluding hydrogens is 350 g/mol. The summed E-state index contributed by atoms with van der Waals surface area (Å²) in [7, 11) is 0. The summed E-state index contributed by atoms with van der Waals surface area (Å²) in [5.41, 5.74) is 4.61. The molecule has 0 unspecified atom stereocenters. The molecule has 0 fully saturated rings. The van der Waals surface area contributed by atoms with Gasteiger partial charge in [-0.25, -0.2) is 9.78 Å². The molecule has 0 amide bonds. The Morgan fingerprint density at radius 2 is 2.04 bits per heavy atom. The van der Waals surface area contributed by atoms with Crippen LogP contribution in [-0.2, 0) is 11.3 Å². The number of nitrogens with zero attached hydrogens (tertiary/aromatic N) is 3. The predicted molar refractivity (Wildman–Crippen MR) is 100 cm³/mol. The van der Waals surface area contributed by atoms with Crippen LogP contribution in [0.3, 0.4) is 0 Å². The van der Waals surface area contributed by atoms with Gasteiger partial charge in [-0.1, -0.05) is 41.9 Å². The number of fused-ring (bicyclic) bond motifs is 3. The fraction of sp³-hybridized carbons (Fsp3) is 0.150. The van der Waals surface area contributed by atoms with Crippen LogP contribution < -0.4 is 0 Å². The molecule has 0 aliphatic carbocycles. The Balaban J connectivity index is 1.92. The van der Waals surface area contributed by atoms with Crippen molar-refractivity contribution in [2.45, 2.75) is 13.5 Å². The zero-order valence-electron chi connectivity index (χ0n) is 14.1. The van der Waals surface area contributed by atoms with E-state index in [-0.39, 0.29) is 0 Å². The Labute approximate surface area is 155 Å². The number of esters is 1. The summed E-state index contributed by atoms with van der Waals surface area (Å²) >= 11 is 6.25. The molecular formula is C20H16ClN3O2. The minimum absolute atomic E-state index is 0.297. The highest BCUT2D eigenvalue weighted by Gasteiger charge is 2.25. The number of aliphatic imine (C=N–C) groups is 1. The van der Waals surface area contributed by atoms with Gasteiger partial charge in [-0.05, 0) is 25.1 Å². The van der Waals surface area contributed by atoms with Crippen molar-refractivity contribution >= 4 is 23.3 Å². The lowest BCUT2D eigenvalue weighted by molar-refractivity contribution is 0.0518. The van der Waals surface area contributed by atoms with E-state index in [0.717, 1.165) is 22.5 Å². The smallest absolute Gasteiger partial charge is 0.358 e. The Kier molecular flexibility index (Phi) is 4.31. The lowest BCUT2D eigenvalue weighted by atomic mass is 10.0. The van der Waals surface area contributed by atoms with Crippen molar-refractivity contribution in [1.82, 2.24) is 9.55 Å². The Hall–Kier alpha value is -2.92. The highest BCUT2D eigenvalue weighted by molar-refractivity contribution is 6.31. The van der Waals surface area contributed by atoms with E-state index in [1.807, 2.05) is 53.1 Å². The number of imidazole rings is 1. The van der Waals surface area contributed by atoms with Gasteiger partial charge in [0.2, 0.25) is 0 Å². The molecule has 2 heterocycles. The van der Waals surface area contributed by atoms with E-state index in [1.54, 1.807) is 13.3 Å². The van der Waals surface area contributed by atoms with E-state index in [1.165, 1.54) is 0 Å². The summed E-state index contributed by atoms with van der Waals surface area (Å²) in [5, 5.41) is 0.626. The molecule has 5 nitrogen and oxygen atoms in total. The normalized spacial score (nSPS) is 12.6. The first-order chi connectivity index (χ1) is 12.7. The van der Waals surface area contributed by atoms with Crippen molar-refractivity contribution in [3.63, 3.8) is 0 Å². The van der Waals surface area contributed by atoms with Crippen molar-refractivity contribution in [2.75, 3.05) is 6.61 Å². The van der Waals surface area contributed by atoms with Gasteiger partial charge in [-0.3, -0.25) is 9.56 Å². The van der Waals surface area contributed by atoms with Crippen molar-refractivity contribution < 1.29 is 9.53 Å². The van der Waals surface area contributed by atoms with Crippen LogP contribution in [0, 0.1) is 0 Å². The summed E-state index contributed by atoms with van der Waals surface area (Å²) in [4.78, 5) is 21.3. The number of halogens is 1. The fourth-order valence-corrected chi connectivity index (χ4v) is 3.26. The maximum Gasteiger partial charge on any atom is 0.358 e. The second kappa shape index (κ2) is 6.77. The van der Waals surface area contributed by atoms with Gasteiger partial charge in [0.15, 0.2) is 5.69 Å². The topological polar surface area (TPSA) is 56.5 Å². The number of carbonyl (C=O) groups excluding carboxylic acids is 1. The summed E-state index contributed by atoms with van der Waals surface area (Å²) in [6.07, 6.45) is 1.64. The van der Waals surface area contributed by atoms with E-state index < -0.39 is 5.97 Å². The lowest BCUT2D eigenvalue weighted by Crippen LogP contribution is -2.09.